The molecule has 0 aliphatic carbocycles. The molecule has 2 atom stereocenters. The van der Waals surface area contributed by atoms with Crippen LogP contribution in [0.5, 0.6) is 5.88 Å². The van der Waals surface area contributed by atoms with Crippen molar-refractivity contribution in [3.05, 3.63) is 59.4 Å². The van der Waals surface area contributed by atoms with Crippen LogP contribution in [-0.4, -0.2) is 50.5 Å². The average Bonchev–Trinajstić information content (AvgIpc) is 3.21. The summed E-state index contributed by atoms with van der Waals surface area (Å²) in [6.45, 7) is 5.35. The summed E-state index contributed by atoms with van der Waals surface area (Å²) in [5.41, 5.74) is 4.06. The van der Waals surface area contributed by atoms with Gasteiger partial charge < -0.3 is 30.6 Å². The number of H-pyrrole nitrogens is 1. The van der Waals surface area contributed by atoms with Crippen LogP contribution in [0.4, 0.5) is 10.7 Å². The van der Waals surface area contributed by atoms with Gasteiger partial charge in [-0.05, 0) is 31.9 Å². The normalized spacial score (nSPS) is 12.8. The molecule has 2 unspecified atom stereocenters. The molecule has 5 N–H and O–H groups in total. The molecule has 31 heavy (non-hydrogen) atoms. The average molecular weight is 425 g/mol. The van der Waals surface area contributed by atoms with Gasteiger partial charge in [-0.25, -0.2) is 14.8 Å². The topological polar surface area (TPSA) is 132 Å². The Morgan fingerprint density at radius 1 is 1.23 bits per heavy atom. The van der Waals surface area contributed by atoms with E-state index in [1.54, 1.807) is 18.5 Å². The fourth-order valence-electron chi connectivity index (χ4n) is 3.03. The highest BCUT2D eigenvalue weighted by atomic mass is 16.6. The van der Waals surface area contributed by atoms with Crippen LogP contribution in [0.1, 0.15) is 29.7 Å². The van der Waals surface area contributed by atoms with E-state index in [0.717, 1.165) is 22.3 Å². The Balaban J connectivity index is 1.69. The lowest BCUT2D eigenvalue weighted by molar-refractivity contribution is 0.182. The van der Waals surface area contributed by atoms with Crippen molar-refractivity contribution in [3.8, 4) is 17.1 Å². The number of hydrogen-bond donors (Lipinski definition) is 5. The van der Waals surface area contributed by atoms with E-state index in [1.165, 1.54) is 0 Å². The number of aliphatic hydroxyl groups is 2. The van der Waals surface area contributed by atoms with Crippen molar-refractivity contribution in [2.75, 3.05) is 18.5 Å². The fraction of sp³-hybridized carbons (Fsp3) is 0.318. The molecule has 0 saturated heterocycles. The molecule has 0 fully saturated rings. The highest BCUT2D eigenvalue weighted by molar-refractivity contribution is 5.72. The molecule has 0 spiro atoms. The number of anilines is 1. The summed E-state index contributed by atoms with van der Waals surface area (Å²) < 4.78 is 5.34. The molecule has 0 saturated carbocycles. The minimum absolute atomic E-state index is 0.0405. The van der Waals surface area contributed by atoms with E-state index >= 15 is 0 Å². The van der Waals surface area contributed by atoms with E-state index in [2.05, 4.69) is 25.6 Å². The summed E-state index contributed by atoms with van der Waals surface area (Å²) in [5, 5.41) is 24.5. The van der Waals surface area contributed by atoms with Gasteiger partial charge in [0.15, 0.2) is 0 Å². The number of carbonyl (C=O) groups is 1. The van der Waals surface area contributed by atoms with Gasteiger partial charge in [0.1, 0.15) is 0 Å². The molecule has 2 heterocycles. The summed E-state index contributed by atoms with van der Waals surface area (Å²) in [5.74, 6) is 0.636. The van der Waals surface area contributed by atoms with Crippen LogP contribution < -0.4 is 15.4 Å². The highest BCUT2D eigenvalue weighted by Gasteiger charge is 2.17. The Bertz CT molecular complexity index is 1040. The number of aromatic nitrogens is 3. The smallest absolute Gasteiger partial charge is 0.394 e. The predicted octanol–water partition coefficient (Wildman–Crippen LogP) is 2.70. The Kier molecular flexibility index (Phi) is 7.22. The first-order valence-electron chi connectivity index (χ1n) is 9.95. The van der Waals surface area contributed by atoms with Gasteiger partial charge in [0.2, 0.25) is 11.8 Å². The molecule has 9 nitrogen and oxygen atoms in total. The minimum Gasteiger partial charge on any atom is -0.394 e. The van der Waals surface area contributed by atoms with Gasteiger partial charge >= 0.3 is 6.09 Å². The second-order valence-corrected chi connectivity index (χ2v) is 7.39. The van der Waals surface area contributed by atoms with Crippen LogP contribution in [0.15, 0.2) is 42.7 Å². The summed E-state index contributed by atoms with van der Waals surface area (Å²) >= 11 is 0. The number of ether oxygens (including phenoxy) is 1. The van der Waals surface area contributed by atoms with Crippen molar-refractivity contribution < 1.29 is 19.7 Å². The zero-order chi connectivity index (χ0) is 22.4. The van der Waals surface area contributed by atoms with Crippen LogP contribution in [-0.2, 0) is 0 Å². The molecule has 1 amide bonds. The second kappa shape index (κ2) is 10.1. The summed E-state index contributed by atoms with van der Waals surface area (Å²) in [4.78, 5) is 24.0. The molecule has 3 rings (SSSR count). The predicted molar refractivity (Wildman–Crippen MR) is 117 cm³/mol. The summed E-state index contributed by atoms with van der Waals surface area (Å²) in [7, 11) is 0. The molecule has 0 aliphatic heterocycles. The largest absolute Gasteiger partial charge is 0.414 e. The van der Waals surface area contributed by atoms with Crippen molar-refractivity contribution in [1.82, 2.24) is 20.3 Å². The Labute approximate surface area is 180 Å². The van der Waals surface area contributed by atoms with Gasteiger partial charge in [0.25, 0.3) is 0 Å². The molecule has 164 valence electrons. The Morgan fingerprint density at radius 3 is 2.74 bits per heavy atom. The van der Waals surface area contributed by atoms with E-state index in [9.17, 15) is 15.0 Å². The third kappa shape index (κ3) is 5.80. The molecule has 1 aromatic carbocycles. The van der Waals surface area contributed by atoms with E-state index in [4.69, 9.17) is 4.74 Å². The van der Waals surface area contributed by atoms with Crippen molar-refractivity contribution in [3.63, 3.8) is 0 Å². The number of aromatic amines is 1. The van der Waals surface area contributed by atoms with E-state index in [-0.39, 0.29) is 25.1 Å². The quantitative estimate of drug-likeness (QED) is 0.375. The standard InChI is InChI=1S/C22H27N5O4/c1-13-5-4-6-16(7-13)18(12-29)26-22(30)31-19-8-17(10-23-19)20-14(2)9-24-21(27-20)25-15(3)11-28/h4-10,15,18,23,28-29H,11-12H2,1-3H3,(H,26,30)(H,24,25,27). The number of aryl methyl sites for hydroxylation is 2. The van der Waals surface area contributed by atoms with Gasteiger partial charge in [0.05, 0.1) is 24.9 Å². The van der Waals surface area contributed by atoms with Crippen LogP contribution in [0.25, 0.3) is 11.3 Å². The lowest BCUT2D eigenvalue weighted by Crippen LogP contribution is -2.33. The molecule has 3 aromatic rings. The number of carbonyl (C=O) groups excluding carboxylic acids is 1. The number of amides is 1. The zero-order valence-corrected chi connectivity index (χ0v) is 17.7. The third-order valence-corrected chi connectivity index (χ3v) is 4.67. The molecule has 9 heteroatoms. The van der Waals surface area contributed by atoms with Crippen LogP contribution in [0.3, 0.4) is 0 Å². The maximum atomic E-state index is 12.3. The van der Waals surface area contributed by atoms with Crippen molar-refractivity contribution >= 4 is 12.0 Å². The number of benzene rings is 1. The number of nitrogens with zero attached hydrogens (tertiary/aromatic N) is 2. The first kappa shape index (κ1) is 22.3. The Morgan fingerprint density at radius 2 is 2.03 bits per heavy atom. The summed E-state index contributed by atoms with van der Waals surface area (Å²) in [6.07, 6.45) is 2.68. The maximum Gasteiger partial charge on any atom is 0.414 e. The SMILES string of the molecule is Cc1cccc(C(CO)NC(=O)Oc2cc(-c3nc(NC(C)CO)ncc3C)c[nH]2)c1. The van der Waals surface area contributed by atoms with E-state index in [0.29, 0.717) is 11.6 Å². The van der Waals surface area contributed by atoms with Crippen LogP contribution in [0.2, 0.25) is 0 Å². The Hall–Kier alpha value is -3.43. The molecule has 0 radical (unpaired) electrons. The van der Waals surface area contributed by atoms with Gasteiger partial charge in [-0.1, -0.05) is 29.8 Å². The second-order valence-electron chi connectivity index (χ2n) is 7.39. The minimum atomic E-state index is -0.688. The lowest BCUT2D eigenvalue weighted by atomic mass is 10.1. The van der Waals surface area contributed by atoms with Gasteiger partial charge in [-0.3, -0.25) is 0 Å². The van der Waals surface area contributed by atoms with Gasteiger partial charge in [-0.2, -0.15) is 0 Å². The van der Waals surface area contributed by atoms with Crippen molar-refractivity contribution in [1.29, 1.82) is 0 Å². The van der Waals surface area contributed by atoms with Crippen molar-refractivity contribution in [2.24, 2.45) is 0 Å². The zero-order valence-electron chi connectivity index (χ0n) is 17.7. The highest BCUT2D eigenvalue weighted by Crippen LogP contribution is 2.26. The number of aliphatic hydroxyl groups excluding tert-OH is 2. The molecule has 0 bridgehead atoms. The summed E-state index contributed by atoms with van der Waals surface area (Å²) in [6, 6.07) is 8.44. The van der Waals surface area contributed by atoms with Crippen molar-refractivity contribution in [2.45, 2.75) is 32.9 Å². The first-order valence-corrected chi connectivity index (χ1v) is 9.95. The number of hydrogen-bond acceptors (Lipinski definition) is 7. The van der Waals surface area contributed by atoms with E-state index < -0.39 is 12.1 Å². The molecular weight excluding hydrogens is 398 g/mol. The molecular formula is C22H27N5O4. The maximum absolute atomic E-state index is 12.3. The molecule has 0 aliphatic rings. The van der Waals surface area contributed by atoms with Crippen LogP contribution in [0, 0.1) is 13.8 Å². The van der Waals surface area contributed by atoms with Crippen LogP contribution >= 0.6 is 0 Å². The monoisotopic (exact) mass is 425 g/mol. The van der Waals surface area contributed by atoms with Gasteiger partial charge in [0, 0.05) is 30.1 Å². The third-order valence-electron chi connectivity index (χ3n) is 4.67. The number of nitrogens with one attached hydrogen (secondary N) is 3. The first-order chi connectivity index (χ1) is 14.9. The molecule has 2 aromatic heterocycles. The van der Waals surface area contributed by atoms with E-state index in [1.807, 2.05) is 45.0 Å². The number of rotatable bonds is 8. The fourth-order valence-corrected chi connectivity index (χ4v) is 3.03. The lowest BCUT2D eigenvalue weighted by Gasteiger charge is -2.16. The van der Waals surface area contributed by atoms with Gasteiger partial charge in [-0.15, -0.1) is 0 Å².